The van der Waals surface area contributed by atoms with Gasteiger partial charge in [-0.2, -0.15) is 0 Å². The summed E-state index contributed by atoms with van der Waals surface area (Å²) in [7, 11) is 0. The Labute approximate surface area is 106 Å². The first kappa shape index (κ1) is 14.8. The number of hydrogen-bond acceptors (Lipinski definition) is 2. The largest absolute Gasteiger partial charge is 0.325 e. The van der Waals surface area contributed by atoms with Crippen molar-refractivity contribution in [1.82, 2.24) is 0 Å². The molecule has 2 N–H and O–H groups in total. The van der Waals surface area contributed by atoms with Gasteiger partial charge in [0.25, 0.3) is 0 Å². The lowest BCUT2D eigenvalue weighted by molar-refractivity contribution is -0.129. The first-order valence-corrected chi connectivity index (χ1v) is 5.82. The Morgan fingerprint density at radius 3 is 2.22 bits per heavy atom. The number of Topliss-reactive ketones (excluding diaryl/α,β-unsaturated/α-hetero) is 1. The Balaban J connectivity index is 2.95. The topological polar surface area (TPSA) is 43.1 Å². The van der Waals surface area contributed by atoms with Crippen LogP contribution in [0.3, 0.4) is 0 Å². The van der Waals surface area contributed by atoms with Crippen LogP contribution in [0.5, 0.6) is 0 Å². The average molecular weight is 255 g/mol. The van der Waals surface area contributed by atoms with E-state index in [2.05, 4.69) is 0 Å². The molecular formula is C14H19F2NO. The van der Waals surface area contributed by atoms with Crippen LogP contribution in [-0.2, 0) is 11.2 Å². The molecule has 0 spiro atoms. The van der Waals surface area contributed by atoms with Crippen LogP contribution in [0.1, 0.15) is 33.3 Å². The van der Waals surface area contributed by atoms with Gasteiger partial charge in [-0.05, 0) is 25.5 Å². The van der Waals surface area contributed by atoms with Crippen LogP contribution in [-0.4, -0.2) is 11.3 Å². The van der Waals surface area contributed by atoms with Gasteiger partial charge in [-0.15, -0.1) is 0 Å². The minimum atomic E-state index is -0.784. The van der Waals surface area contributed by atoms with Crippen molar-refractivity contribution in [2.45, 2.75) is 39.7 Å². The summed E-state index contributed by atoms with van der Waals surface area (Å²) in [5.74, 6) is -1.52. The van der Waals surface area contributed by atoms with E-state index in [1.165, 1.54) is 6.07 Å². The van der Waals surface area contributed by atoms with E-state index in [-0.39, 0.29) is 17.8 Å². The molecule has 100 valence electrons. The third-order valence-electron chi connectivity index (χ3n) is 3.67. The summed E-state index contributed by atoms with van der Waals surface area (Å²) in [6.45, 7) is 6.98. The van der Waals surface area contributed by atoms with E-state index >= 15 is 0 Å². The van der Waals surface area contributed by atoms with Gasteiger partial charge in [0.2, 0.25) is 0 Å². The van der Waals surface area contributed by atoms with Crippen molar-refractivity contribution in [1.29, 1.82) is 0 Å². The second-order valence-electron chi connectivity index (χ2n) is 5.68. The zero-order chi connectivity index (χ0) is 14.1. The summed E-state index contributed by atoms with van der Waals surface area (Å²) >= 11 is 0. The predicted octanol–water partition coefficient (Wildman–Crippen LogP) is 2.84. The number of benzene rings is 1. The molecule has 0 unspecified atom stereocenters. The van der Waals surface area contributed by atoms with Gasteiger partial charge in [0.1, 0.15) is 17.4 Å². The summed E-state index contributed by atoms with van der Waals surface area (Å²) in [5, 5.41) is 0. The van der Waals surface area contributed by atoms with Crippen molar-refractivity contribution in [3.63, 3.8) is 0 Å². The molecule has 0 saturated heterocycles. The first-order valence-electron chi connectivity index (χ1n) is 5.82. The number of rotatable bonds is 4. The van der Waals surface area contributed by atoms with Gasteiger partial charge in [-0.25, -0.2) is 8.78 Å². The highest BCUT2D eigenvalue weighted by Crippen LogP contribution is 2.30. The number of hydrogen-bond donors (Lipinski definition) is 1. The molecule has 0 aromatic heterocycles. The van der Waals surface area contributed by atoms with Crippen LogP contribution < -0.4 is 5.73 Å². The minimum Gasteiger partial charge on any atom is -0.325 e. The monoisotopic (exact) mass is 255 g/mol. The molecular weight excluding hydrogens is 236 g/mol. The highest BCUT2D eigenvalue weighted by molar-refractivity contribution is 5.87. The average Bonchev–Trinajstić information content (AvgIpc) is 2.20. The summed E-state index contributed by atoms with van der Waals surface area (Å²) in [6, 6.07) is 3.22. The smallest absolute Gasteiger partial charge is 0.144 e. The van der Waals surface area contributed by atoms with Gasteiger partial charge in [-0.3, -0.25) is 4.79 Å². The molecule has 0 bridgehead atoms. The van der Waals surface area contributed by atoms with Crippen LogP contribution in [0.25, 0.3) is 0 Å². The van der Waals surface area contributed by atoms with Gasteiger partial charge in [0.15, 0.2) is 0 Å². The van der Waals surface area contributed by atoms with Crippen LogP contribution in [0.15, 0.2) is 18.2 Å². The van der Waals surface area contributed by atoms with Crippen molar-refractivity contribution < 1.29 is 13.6 Å². The lowest BCUT2D eigenvalue weighted by Gasteiger charge is -2.37. The van der Waals surface area contributed by atoms with E-state index < -0.39 is 22.6 Å². The van der Waals surface area contributed by atoms with Crippen LogP contribution in [0.4, 0.5) is 8.78 Å². The van der Waals surface area contributed by atoms with E-state index in [4.69, 9.17) is 5.73 Å². The molecule has 1 aromatic carbocycles. The molecule has 0 fully saturated rings. The van der Waals surface area contributed by atoms with E-state index in [9.17, 15) is 13.6 Å². The van der Waals surface area contributed by atoms with Crippen molar-refractivity contribution in [2.75, 3.05) is 0 Å². The number of carbonyl (C=O) groups is 1. The normalized spacial score (nSPS) is 12.6. The maximum Gasteiger partial charge on any atom is 0.144 e. The second kappa shape index (κ2) is 4.76. The molecule has 4 heteroatoms. The molecule has 0 aliphatic carbocycles. The molecule has 0 amide bonds. The fraction of sp³-hybridized carbons (Fsp3) is 0.500. The number of carbonyl (C=O) groups excluding carboxylic acids is 1. The molecule has 1 rings (SSSR count). The zero-order valence-corrected chi connectivity index (χ0v) is 11.2. The predicted molar refractivity (Wildman–Crippen MR) is 67.1 cm³/mol. The number of halogens is 2. The van der Waals surface area contributed by atoms with Crippen LogP contribution >= 0.6 is 0 Å². The highest BCUT2D eigenvalue weighted by atomic mass is 19.1. The van der Waals surface area contributed by atoms with Crippen molar-refractivity contribution in [2.24, 2.45) is 11.1 Å². The standard InChI is InChI=1S/C14H19F2NO/c1-13(2,14(3,4)17)12(18)7-9-5-6-10(15)8-11(9)16/h5-6,8H,7,17H2,1-4H3. The van der Waals surface area contributed by atoms with Gasteiger partial charge in [0, 0.05) is 23.4 Å². The van der Waals surface area contributed by atoms with Gasteiger partial charge in [0.05, 0.1) is 0 Å². The Hall–Kier alpha value is -1.29. The molecule has 0 heterocycles. The third kappa shape index (κ3) is 2.93. The zero-order valence-electron chi connectivity index (χ0n) is 11.2. The molecule has 0 atom stereocenters. The van der Waals surface area contributed by atoms with E-state index in [1.54, 1.807) is 27.7 Å². The molecule has 0 radical (unpaired) electrons. The summed E-state index contributed by atoms with van der Waals surface area (Å²) in [4.78, 5) is 12.2. The van der Waals surface area contributed by atoms with E-state index in [1.807, 2.05) is 0 Å². The maximum atomic E-state index is 13.5. The van der Waals surface area contributed by atoms with Crippen LogP contribution in [0, 0.1) is 17.0 Å². The van der Waals surface area contributed by atoms with Crippen molar-refractivity contribution in [3.8, 4) is 0 Å². The molecule has 1 aromatic rings. The van der Waals surface area contributed by atoms with Crippen molar-refractivity contribution >= 4 is 5.78 Å². The molecule has 0 aliphatic rings. The number of nitrogens with two attached hydrogens (primary N) is 1. The summed E-state index contributed by atoms with van der Waals surface area (Å²) < 4.78 is 26.2. The Kier molecular flexibility index (Phi) is 3.91. The second-order valence-corrected chi connectivity index (χ2v) is 5.68. The fourth-order valence-corrected chi connectivity index (χ4v) is 1.42. The number of ketones is 1. The van der Waals surface area contributed by atoms with E-state index in [0.717, 1.165) is 12.1 Å². The van der Waals surface area contributed by atoms with E-state index in [0.29, 0.717) is 0 Å². The third-order valence-corrected chi connectivity index (χ3v) is 3.67. The molecule has 0 saturated carbocycles. The van der Waals surface area contributed by atoms with Gasteiger partial charge in [-0.1, -0.05) is 19.9 Å². The Bertz CT molecular complexity index is 461. The van der Waals surface area contributed by atoms with Crippen LogP contribution in [0.2, 0.25) is 0 Å². The van der Waals surface area contributed by atoms with Crippen molar-refractivity contribution in [3.05, 3.63) is 35.4 Å². The Morgan fingerprint density at radius 2 is 1.78 bits per heavy atom. The Morgan fingerprint density at radius 1 is 1.22 bits per heavy atom. The molecule has 2 nitrogen and oxygen atoms in total. The summed E-state index contributed by atoms with van der Waals surface area (Å²) in [6.07, 6.45) is -0.0836. The fourth-order valence-electron chi connectivity index (χ4n) is 1.42. The minimum absolute atomic E-state index is 0.0836. The quantitative estimate of drug-likeness (QED) is 0.899. The maximum absolute atomic E-state index is 13.5. The lowest BCUT2D eigenvalue weighted by Crippen LogP contribution is -2.52. The van der Waals surface area contributed by atoms with Gasteiger partial charge >= 0.3 is 0 Å². The SMILES string of the molecule is CC(C)(N)C(C)(C)C(=O)Cc1ccc(F)cc1F. The molecule has 18 heavy (non-hydrogen) atoms. The van der Waals surface area contributed by atoms with Gasteiger partial charge < -0.3 is 5.73 Å². The summed E-state index contributed by atoms with van der Waals surface area (Å²) in [5.41, 5.74) is 4.66. The first-order chi connectivity index (χ1) is 8.05. The highest BCUT2D eigenvalue weighted by Gasteiger charge is 2.39. The lowest BCUT2D eigenvalue weighted by atomic mass is 9.71. The molecule has 0 aliphatic heterocycles.